The Kier molecular flexibility index (Phi) is 5.69. The van der Waals surface area contributed by atoms with Crippen LogP contribution in [-0.2, 0) is 11.2 Å². The number of carbonyl (C=O) groups is 1. The number of hydrogen-bond acceptors (Lipinski definition) is 4. The third-order valence-corrected chi connectivity index (χ3v) is 4.08. The molecule has 0 fully saturated rings. The third-order valence-electron chi connectivity index (χ3n) is 4.08. The van der Waals surface area contributed by atoms with Crippen molar-refractivity contribution in [3.8, 4) is 11.4 Å². The van der Waals surface area contributed by atoms with Crippen molar-refractivity contribution in [3.63, 3.8) is 0 Å². The van der Waals surface area contributed by atoms with Gasteiger partial charge in [-0.1, -0.05) is 86.6 Å². The minimum atomic E-state index is -0.368. The van der Waals surface area contributed by atoms with Gasteiger partial charge in [0.2, 0.25) is 17.6 Å². The lowest BCUT2D eigenvalue weighted by molar-refractivity contribution is -0.123. The summed E-state index contributed by atoms with van der Waals surface area (Å²) in [4.78, 5) is 17.0. The van der Waals surface area contributed by atoms with Crippen LogP contribution in [0.2, 0.25) is 0 Å². The van der Waals surface area contributed by atoms with Crippen LogP contribution in [0.4, 0.5) is 0 Å². The summed E-state index contributed by atoms with van der Waals surface area (Å²) in [5.74, 6) is 0.914. The second kappa shape index (κ2) is 8.16. The van der Waals surface area contributed by atoms with E-state index in [0.29, 0.717) is 24.6 Å². The van der Waals surface area contributed by atoms with E-state index in [1.165, 1.54) is 0 Å². The van der Waals surface area contributed by atoms with Crippen LogP contribution in [0, 0.1) is 5.41 Å². The van der Waals surface area contributed by atoms with Gasteiger partial charge >= 0.3 is 0 Å². The van der Waals surface area contributed by atoms with Gasteiger partial charge in [0.05, 0.1) is 0 Å². The molecule has 5 heteroatoms. The van der Waals surface area contributed by atoms with Crippen molar-refractivity contribution < 1.29 is 9.32 Å². The fraction of sp³-hybridized carbons (Fsp3) is 0.318. The summed E-state index contributed by atoms with van der Waals surface area (Å²) in [5.41, 5.74) is 1.89. The predicted octanol–water partition coefficient (Wildman–Crippen LogP) is 4.57. The Morgan fingerprint density at radius 3 is 2.30 bits per heavy atom. The lowest BCUT2D eigenvalue weighted by Crippen LogP contribution is -2.32. The van der Waals surface area contributed by atoms with Crippen molar-refractivity contribution in [2.75, 3.05) is 0 Å². The standard InChI is InChI=1S/C22H25N3O2/c1-22(2,3)15-19(26)23-18(14-16-10-6-4-7-11-16)21-24-20(25-27-21)17-12-8-5-9-13-17/h4-13,18H,14-15H2,1-3H3,(H,23,26)/t18-/m1/s1. The maximum Gasteiger partial charge on any atom is 0.249 e. The second-order valence-electron chi connectivity index (χ2n) is 7.87. The highest BCUT2D eigenvalue weighted by Gasteiger charge is 2.24. The molecular formula is C22H25N3O2. The highest BCUT2D eigenvalue weighted by Crippen LogP contribution is 2.23. The molecule has 0 saturated heterocycles. The highest BCUT2D eigenvalue weighted by molar-refractivity contribution is 5.77. The summed E-state index contributed by atoms with van der Waals surface area (Å²) in [7, 11) is 0. The molecule has 0 aliphatic carbocycles. The van der Waals surface area contributed by atoms with Crippen LogP contribution in [0.25, 0.3) is 11.4 Å². The van der Waals surface area contributed by atoms with E-state index in [0.717, 1.165) is 11.1 Å². The Morgan fingerprint density at radius 1 is 1.04 bits per heavy atom. The fourth-order valence-electron chi connectivity index (χ4n) is 2.86. The van der Waals surface area contributed by atoms with Gasteiger partial charge in [0.15, 0.2) is 0 Å². The lowest BCUT2D eigenvalue weighted by atomic mass is 9.91. The van der Waals surface area contributed by atoms with Gasteiger partial charge in [-0.3, -0.25) is 4.79 Å². The monoisotopic (exact) mass is 363 g/mol. The van der Waals surface area contributed by atoms with E-state index in [2.05, 4.69) is 15.5 Å². The van der Waals surface area contributed by atoms with Gasteiger partial charge in [0, 0.05) is 18.4 Å². The van der Waals surface area contributed by atoms with Gasteiger partial charge in [-0.15, -0.1) is 0 Å². The van der Waals surface area contributed by atoms with Gasteiger partial charge in [-0.25, -0.2) is 0 Å². The zero-order valence-corrected chi connectivity index (χ0v) is 16.0. The van der Waals surface area contributed by atoms with Gasteiger partial charge in [0.25, 0.3) is 0 Å². The summed E-state index contributed by atoms with van der Waals surface area (Å²) >= 11 is 0. The molecule has 0 aliphatic heterocycles. The number of hydrogen-bond donors (Lipinski definition) is 1. The molecule has 0 bridgehead atoms. The molecule has 0 radical (unpaired) electrons. The van der Waals surface area contributed by atoms with Crippen molar-refractivity contribution in [1.82, 2.24) is 15.5 Å². The highest BCUT2D eigenvalue weighted by atomic mass is 16.5. The van der Waals surface area contributed by atoms with Crippen molar-refractivity contribution >= 4 is 5.91 Å². The molecule has 140 valence electrons. The molecule has 0 aliphatic rings. The van der Waals surface area contributed by atoms with Crippen LogP contribution in [-0.4, -0.2) is 16.0 Å². The fourth-order valence-corrected chi connectivity index (χ4v) is 2.86. The smallest absolute Gasteiger partial charge is 0.249 e. The minimum Gasteiger partial charge on any atom is -0.344 e. The second-order valence-corrected chi connectivity index (χ2v) is 7.87. The SMILES string of the molecule is CC(C)(C)CC(=O)N[C@H](Cc1ccccc1)c1nc(-c2ccccc2)no1. The third kappa shape index (κ3) is 5.51. The Bertz CT molecular complexity index is 867. The Balaban J connectivity index is 1.83. The molecule has 0 saturated carbocycles. The van der Waals surface area contributed by atoms with Crippen LogP contribution in [0.5, 0.6) is 0 Å². The largest absolute Gasteiger partial charge is 0.344 e. The van der Waals surface area contributed by atoms with Gasteiger partial charge < -0.3 is 9.84 Å². The maximum absolute atomic E-state index is 12.5. The summed E-state index contributed by atoms with van der Waals surface area (Å²) < 4.78 is 5.51. The van der Waals surface area contributed by atoms with Gasteiger partial charge in [0.1, 0.15) is 6.04 Å². The van der Waals surface area contributed by atoms with Crippen LogP contribution >= 0.6 is 0 Å². The topological polar surface area (TPSA) is 68.0 Å². The number of nitrogens with zero attached hydrogens (tertiary/aromatic N) is 2. The van der Waals surface area contributed by atoms with E-state index in [-0.39, 0.29) is 17.4 Å². The number of rotatable bonds is 6. The summed E-state index contributed by atoms with van der Waals surface area (Å²) in [6, 6.07) is 19.3. The first-order valence-electron chi connectivity index (χ1n) is 9.13. The quantitative estimate of drug-likeness (QED) is 0.696. The first-order valence-corrected chi connectivity index (χ1v) is 9.13. The van der Waals surface area contributed by atoms with Crippen LogP contribution in [0.1, 0.15) is 44.7 Å². The molecular weight excluding hydrogens is 338 g/mol. The summed E-state index contributed by atoms with van der Waals surface area (Å²) in [5, 5.41) is 7.16. The molecule has 0 spiro atoms. The Hall–Kier alpha value is -2.95. The first-order chi connectivity index (χ1) is 12.9. The molecule has 1 N–H and O–H groups in total. The normalized spacial score (nSPS) is 12.6. The van der Waals surface area contributed by atoms with E-state index in [1.807, 2.05) is 81.4 Å². The zero-order valence-electron chi connectivity index (χ0n) is 16.0. The van der Waals surface area contributed by atoms with Crippen LogP contribution in [0.15, 0.2) is 65.2 Å². The number of nitrogens with one attached hydrogen (secondary N) is 1. The minimum absolute atomic E-state index is 0.0251. The first kappa shape index (κ1) is 18.8. The van der Waals surface area contributed by atoms with E-state index in [9.17, 15) is 4.79 Å². The van der Waals surface area contributed by atoms with Crippen molar-refractivity contribution in [3.05, 3.63) is 72.1 Å². The molecule has 5 nitrogen and oxygen atoms in total. The lowest BCUT2D eigenvalue weighted by Gasteiger charge is -2.20. The van der Waals surface area contributed by atoms with Crippen LogP contribution in [0.3, 0.4) is 0 Å². The molecule has 1 heterocycles. The van der Waals surface area contributed by atoms with E-state index in [1.54, 1.807) is 0 Å². The molecule has 0 unspecified atom stereocenters. The van der Waals surface area contributed by atoms with Crippen molar-refractivity contribution in [2.45, 2.75) is 39.7 Å². The van der Waals surface area contributed by atoms with Gasteiger partial charge in [-0.05, 0) is 11.0 Å². The summed E-state index contributed by atoms with van der Waals surface area (Å²) in [6.45, 7) is 6.12. The molecule has 1 atom stereocenters. The van der Waals surface area contributed by atoms with E-state index < -0.39 is 0 Å². The van der Waals surface area contributed by atoms with E-state index >= 15 is 0 Å². The average Bonchev–Trinajstić information content (AvgIpc) is 3.11. The Labute approximate surface area is 159 Å². The van der Waals surface area contributed by atoms with Gasteiger partial charge in [-0.2, -0.15) is 4.98 Å². The number of benzene rings is 2. The molecule has 1 amide bonds. The molecule has 3 aromatic rings. The number of carbonyl (C=O) groups excluding carboxylic acids is 1. The molecule has 1 aromatic heterocycles. The number of aromatic nitrogens is 2. The molecule has 2 aromatic carbocycles. The van der Waals surface area contributed by atoms with Crippen LogP contribution < -0.4 is 5.32 Å². The summed E-state index contributed by atoms with van der Waals surface area (Å²) in [6.07, 6.45) is 1.02. The zero-order chi connectivity index (χ0) is 19.3. The maximum atomic E-state index is 12.5. The Morgan fingerprint density at radius 2 is 1.67 bits per heavy atom. The van der Waals surface area contributed by atoms with Crippen molar-refractivity contribution in [1.29, 1.82) is 0 Å². The predicted molar refractivity (Wildman–Crippen MR) is 105 cm³/mol. The van der Waals surface area contributed by atoms with E-state index in [4.69, 9.17) is 4.52 Å². The average molecular weight is 363 g/mol. The molecule has 3 rings (SSSR count). The molecule has 27 heavy (non-hydrogen) atoms. The number of amides is 1. The van der Waals surface area contributed by atoms with Crippen molar-refractivity contribution in [2.24, 2.45) is 5.41 Å².